The van der Waals surface area contributed by atoms with Gasteiger partial charge in [0.2, 0.25) is 0 Å². The number of nitrogen functional groups attached to an aromatic ring is 1. The Kier molecular flexibility index (Phi) is 10.3. The van der Waals surface area contributed by atoms with Gasteiger partial charge in [-0.3, -0.25) is 0 Å². The lowest BCUT2D eigenvalue weighted by atomic mass is 10.1. The van der Waals surface area contributed by atoms with Crippen LogP contribution >= 0.6 is 9.24 Å². The quantitative estimate of drug-likeness (QED) is 0.579. The van der Waals surface area contributed by atoms with E-state index >= 15 is 0 Å². The van der Waals surface area contributed by atoms with Gasteiger partial charge in [0, 0.05) is 31.5 Å². The van der Waals surface area contributed by atoms with Gasteiger partial charge in [-0.15, -0.1) is 9.24 Å². The Bertz CT molecular complexity index is 906. The number of benzene rings is 1. The van der Waals surface area contributed by atoms with Gasteiger partial charge in [0.15, 0.2) is 0 Å². The molecule has 0 saturated carbocycles. The van der Waals surface area contributed by atoms with Crippen LogP contribution < -0.4 is 16.4 Å². The minimum atomic E-state index is 0.503. The number of rotatable bonds is 4. The SMILES string of the molecule is C1CCOC1.CC.Cc1cnc(N)cc1-c1cccc(NCc2cccc(P)c2)n1. The van der Waals surface area contributed by atoms with Gasteiger partial charge in [-0.2, -0.15) is 0 Å². The molecule has 4 rings (SSSR count). The first-order valence-corrected chi connectivity index (χ1v) is 11.0. The van der Waals surface area contributed by atoms with Crippen molar-refractivity contribution in [1.29, 1.82) is 0 Å². The highest BCUT2D eigenvalue weighted by molar-refractivity contribution is 7.27. The van der Waals surface area contributed by atoms with E-state index in [4.69, 9.17) is 10.5 Å². The van der Waals surface area contributed by atoms with Crippen LogP contribution in [0.4, 0.5) is 11.6 Å². The highest BCUT2D eigenvalue weighted by Crippen LogP contribution is 2.23. The van der Waals surface area contributed by atoms with Gasteiger partial charge >= 0.3 is 0 Å². The van der Waals surface area contributed by atoms with Crippen LogP contribution in [0.2, 0.25) is 0 Å². The van der Waals surface area contributed by atoms with E-state index in [1.807, 2.05) is 51.1 Å². The van der Waals surface area contributed by atoms with Crippen molar-refractivity contribution in [3.8, 4) is 11.3 Å². The minimum Gasteiger partial charge on any atom is -0.384 e. The Morgan fingerprint density at radius 2 is 1.80 bits per heavy atom. The van der Waals surface area contributed by atoms with Gasteiger partial charge in [0.05, 0.1) is 5.69 Å². The maximum absolute atomic E-state index is 5.80. The average molecular weight is 425 g/mol. The molecule has 1 aliphatic heterocycles. The molecule has 30 heavy (non-hydrogen) atoms. The number of nitrogens with one attached hydrogen (secondary N) is 1. The second-order valence-electron chi connectivity index (χ2n) is 6.75. The van der Waals surface area contributed by atoms with E-state index < -0.39 is 0 Å². The number of pyridine rings is 2. The van der Waals surface area contributed by atoms with E-state index in [0.717, 1.165) is 42.4 Å². The van der Waals surface area contributed by atoms with E-state index in [1.54, 1.807) is 6.20 Å². The van der Waals surface area contributed by atoms with Gasteiger partial charge in [-0.1, -0.05) is 44.2 Å². The fraction of sp³-hybridized carbons (Fsp3) is 0.333. The third-order valence-corrected chi connectivity index (χ3v) is 4.76. The third kappa shape index (κ3) is 7.74. The smallest absolute Gasteiger partial charge is 0.126 e. The van der Waals surface area contributed by atoms with Crippen LogP contribution in [0, 0.1) is 6.92 Å². The summed E-state index contributed by atoms with van der Waals surface area (Å²) in [4.78, 5) is 8.79. The van der Waals surface area contributed by atoms with Crippen molar-refractivity contribution in [1.82, 2.24) is 9.97 Å². The summed E-state index contributed by atoms with van der Waals surface area (Å²) in [5.74, 6) is 1.34. The molecule has 3 aromatic rings. The molecule has 1 fully saturated rings. The van der Waals surface area contributed by atoms with Crippen LogP contribution in [0.1, 0.15) is 37.8 Å². The number of aryl methyl sites for hydroxylation is 1. The van der Waals surface area contributed by atoms with Gasteiger partial charge in [0.1, 0.15) is 11.6 Å². The highest BCUT2D eigenvalue weighted by atomic mass is 31.0. The van der Waals surface area contributed by atoms with Crippen molar-refractivity contribution in [2.75, 3.05) is 24.3 Å². The molecule has 3 N–H and O–H groups in total. The summed E-state index contributed by atoms with van der Waals surface area (Å²) in [7, 11) is 2.71. The van der Waals surface area contributed by atoms with Crippen molar-refractivity contribution in [3.63, 3.8) is 0 Å². The summed E-state index contributed by atoms with van der Waals surface area (Å²) in [6.07, 6.45) is 4.33. The number of aromatic nitrogens is 2. The summed E-state index contributed by atoms with van der Waals surface area (Å²) in [5, 5.41) is 4.54. The predicted molar refractivity (Wildman–Crippen MR) is 131 cm³/mol. The zero-order chi connectivity index (χ0) is 21.8. The number of hydrogen-bond donors (Lipinski definition) is 2. The molecular weight excluding hydrogens is 391 g/mol. The molecule has 0 spiro atoms. The van der Waals surface area contributed by atoms with Crippen LogP contribution in [0.25, 0.3) is 11.3 Å². The normalized spacial score (nSPS) is 12.3. The molecule has 3 heterocycles. The lowest BCUT2D eigenvalue weighted by Gasteiger charge is -2.10. The van der Waals surface area contributed by atoms with E-state index in [0.29, 0.717) is 5.82 Å². The lowest BCUT2D eigenvalue weighted by molar-refractivity contribution is 0.198. The van der Waals surface area contributed by atoms with Crippen LogP contribution in [-0.4, -0.2) is 23.2 Å². The Morgan fingerprint density at radius 3 is 2.47 bits per heavy atom. The molecule has 5 nitrogen and oxygen atoms in total. The third-order valence-electron chi connectivity index (χ3n) is 4.40. The first-order chi connectivity index (χ1) is 14.6. The van der Waals surface area contributed by atoms with E-state index in [2.05, 4.69) is 42.7 Å². The largest absolute Gasteiger partial charge is 0.384 e. The molecule has 2 aromatic heterocycles. The summed E-state index contributed by atoms with van der Waals surface area (Å²) in [6.45, 7) is 8.74. The molecule has 0 radical (unpaired) electrons. The number of ether oxygens (including phenoxy) is 1. The summed E-state index contributed by atoms with van der Waals surface area (Å²) >= 11 is 0. The number of hydrogen-bond acceptors (Lipinski definition) is 5. The maximum Gasteiger partial charge on any atom is 0.126 e. The Balaban J connectivity index is 0.000000393. The van der Waals surface area contributed by atoms with Crippen LogP contribution in [-0.2, 0) is 11.3 Å². The molecule has 0 amide bonds. The molecule has 1 unspecified atom stereocenters. The molecular formula is C24H33N4OP. The number of nitrogens with zero attached hydrogens (tertiary/aromatic N) is 2. The zero-order valence-electron chi connectivity index (χ0n) is 18.2. The number of anilines is 2. The first kappa shape index (κ1) is 23.8. The second-order valence-corrected chi connectivity index (χ2v) is 7.42. The fourth-order valence-corrected chi connectivity index (χ4v) is 3.23. The van der Waals surface area contributed by atoms with Crippen molar-refractivity contribution in [2.45, 2.75) is 40.2 Å². The van der Waals surface area contributed by atoms with E-state index in [1.165, 1.54) is 23.7 Å². The number of nitrogens with two attached hydrogens (primary N) is 1. The summed E-state index contributed by atoms with van der Waals surface area (Å²) in [6, 6.07) is 16.1. The summed E-state index contributed by atoms with van der Waals surface area (Å²) < 4.78 is 4.94. The topological polar surface area (TPSA) is 73.1 Å². The molecule has 1 atom stereocenters. The highest BCUT2D eigenvalue weighted by Gasteiger charge is 2.06. The Morgan fingerprint density at radius 1 is 1.07 bits per heavy atom. The van der Waals surface area contributed by atoms with Gasteiger partial charge in [-0.05, 0) is 54.4 Å². The van der Waals surface area contributed by atoms with Crippen LogP contribution in [0.5, 0.6) is 0 Å². The van der Waals surface area contributed by atoms with Crippen molar-refractivity contribution < 1.29 is 4.74 Å². The maximum atomic E-state index is 5.80. The Hall–Kier alpha value is -2.49. The van der Waals surface area contributed by atoms with Crippen molar-refractivity contribution in [3.05, 3.63) is 65.9 Å². The lowest BCUT2D eigenvalue weighted by Crippen LogP contribution is -2.04. The first-order valence-electron chi connectivity index (χ1n) is 10.5. The van der Waals surface area contributed by atoms with Crippen molar-refractivity contribution in [2.24, 2.45) is 0 Å². The van der Waals surface area contributed by atoms with Crippen molar-refractivity contribution >= 4 is 26.2 Å². The molecule has 6 heteroatoms. The van der Waals surface area contributed by atoms with Crippen LogP contribution in [0.15, 0.2) is 54.7 Å². The molecule has 160 valence electrons. The fourth-order valence-electron chi connectivity index (χ4n) is 2.91. The van der Waals surface area contributed by atoms with E-state index in [-0.39, 0.29) is 0 Å². The molecule has 1 saturated heterocycles. The van der Waals surface area contributed by atoms with Gasteiger partial charge in [0.25, 0.3) is 0 Å². The van der Waals surface area contributed by atoms with Gasteiger partial charge < -0.3 is 15.8 Å². The molecule has 0 bridgehead atoms. The Labute approximate surface area is 182 Å². The molecule has 0 aliphatic carbocycles. The zero-order valence-corrected chi connectivity index (χ0v) is 19.3. The monoisotopic (exact) mass is 424 g/mol. The molecule has 1 aliphatic rings. The van der Waals surface area contributed by atoms with E-state index in [9.17, 15) is 0 Å². The van der Waals surface area contributed by atoms with Gasteiger partial charge in [-0.25, -0.2) is 9.97 Å². The molecule has 1 aromatic carbocycles. The summed E-state index contributed by atoms with van der Waals surface area (Å²) in [5.41, 5.74) is 9.96. The standard InChI is InChI=1S/C18H19N4P.C4H8O.C2H6/c1-12-10-20-17(19)9-15(12)16-6-3-7-18(22-16)21-11-13-4-2-5-14(23)8-13;1-2-4-5-3-1;1-2/h2-10H,11,23H2,1H3,(H2,19,20)(H,21,22);1-4H2;1-2H3. The predicted octanol–water partition coefficient (Wildman–Crippen LogP) is 4.97. The average Bonchev–Trinajstić information content (AvgIpc) is 3.36. The second kappa shape index (κ2) is 12.9. The minimum absolute atomic E-state index is 0.503. The van der Waals surface area contributed by atoms with Crippen LogP contribution in [0.3, 0.4) is 0 Å².